The van der Waals surface area contributed by atoms with Crippen molar-refractivity contribution in [2.75, 3.05) is 6.61 Å². The number of carbonyl (C=O) groups excluding carboxylic acids is 1. The molecular formula is C25H31N3O4. The zero-order valence-electron chi connectivity index (χ0n) is 19.4. The molecule has 1 aliphatic carbocycles. The summed E-state index contributed by atoms with van der Waals surface area (Å²) in [6.45, 7) is 7.73. The Labute approximate surface area is 187 Å². The molecule has 1 unspecified atom stereocenters. The number of pyridine rings is 2. The van der Waals surface area contributed by atoms with Crippen LogP contribution in [0.1, 0.15) is 45.7 Å². The Kier molecular flexibility index (Phi) is 5.84. The predicted molar refractivity (Wildman–Crippen MR) is 125 cm³/mol. The number of aryl methyl sites for hydroxylation is 2. The van der Waals surface area contributed by atoms with Crippen LogP contribution in [0.15, 0.2) is 35.3 Å². The number of aromatic nitrogens is 2. The molecule has 1 amide bonds. The van der Waals surface area contributed by atoms with Gasteiger partial charge in [-0.25, -0.2) is 4.79 Å². The molecule has 0 aliphatic heterocycles. The Morgan fingerprint density at radius 3 is 2.69 bits per heavy atom. The number of amides is 1. The molecule has 1 atom stereocenters. The molecule has 7 heteroatoms. The summed E-state index contributed by atoms with van der Waals surface area (Å²) in [4.78, 5) is 29.5. The minimum Gasteiger partial charge on any atom is -0.491 e. The normalized spacial score (nSPS) is 15.0. The van der Waals surface area contributed by atoms with Crippen molar-refractivity contribution in [2.45, 2.75) is 58.6 Å². The maximum Gasteiger partial charge on any atom is 0.407 e. The van der Waals surface area contributed by atoms with Crippen LogP contribution in [0, 0.1) is 12.8 Å². The quantitative estimate of drug-likeness (QED) is 0.576. The SMILES string of the molecule is Cc1nccc2c1c(=O)n(C)c1cc(OCC(CC3CC3)NC(=O)OC(C)(C)C)ccc21. The Hall–Kier alpha value is -3.09. The van der Waals surface area contributed by atoms with Crippen molar-refractivity contribution in [2.24, 2.45) is 13.0 Å². The molecule has 0 bridgehead atoms. The summed E-state index contributed by atoms with van der Waals surface area (Å²) in [5, 5.41) is 5.46. The van der Waals surface area contributed by atoms with Gasteiger partial charge in [-0.2, -0.15) is 0 Å². The second-order valence-electron chi connectivity index (χ2n) is 9.70. The number of ether oxygens (including phenoxy) is 2. The molecule has 0 spiro atoms. The predicted octanol–water partition coefficient (Wildman–Crippen LogP) is 4.47. The minimum atomic E-state index is -0.547. The van der Waals surface area contributed by atoms with Gasteiger partial charge < -0.3 is 19.4 Å². The van der Waals surface area contributed by atoms with E-state index in [0.717, 1.165) is 28.4 Å². The lowest BCUT2D eigenvalue weighted by molar-refractivity contribution is 0.0482. The lowest BCUT2D eigenvalue weighted by Crippen LogP contribution is -2.42. The first-order valence-electron chi connectivity index (χ1n) is 11.1. The first-order chi connectivity index (χ1) is 15.1. The summed E-state index contributed by atoms with van der Waals surface area (Å²) in [5.74, 6) is 1.28. The third-order valence-corrected chi connectivity index (χ3v) is 5.77. The van der Waals surface area contributed by atoms with Crippen LogP contribution in [0.5, 0.6) is 5.75 Å². The van der Waals surface area contributed by atoms with Crippen LogP contribution < -0.4 is 15.6 Å². The van der Waals surface area contributed by atoms with Crippen molar-refractivity contribution in [3.05, 3.63) is 46.5 Å². The summed E-state index contributed by atoms with van der Waals surface area (Å²) < 4.78 is 13.1. The zero-order chi connectivity index (χ0) is 23.0. The Bertz CT molecular complexity index is 1220. The van der Waals surface area contributed by atoms with E-state index in [4.69, 9.17) is 9.47 Å². The third-order valence-electron chi connectivity index (χ3n) is 5.77. The molecule has 3 aromatic rings. The van der Waals surface area contributed by atoms with Crippen molar-refractivity contribution < 1.29 is 14.3 Å². The molecule has 1 N–H and O–H groups in total. The summed E-state index contributed by atoms with van der Waals surface area (Å²) >= 11 is 0. The second kappa shape index (κ2) is 8.45. The number of fused-ring (bicyclic) bond motifs is 3. The number of alkyl carbamates (subject to hydrolysis) is 1. The highest BCUT2D eigenvalue weighted by molar-refractivity contribution is 6.06. The number of nitrogens with zero attached hydrogens (tertiary/aromatic N) is 2. The largest absolute Gasteiger partial charge is 0.491 e. The maximum absolute atomic E-state index is 12.9. The number of hydrogen-bond acceptors (Lipinski definition) is 5. The highest BCUT2D eigenvalue weighted by atomic mass is 16.6. The van der Waals surface area contributed by atoms with E-state index >= 15 is 0 Å². The van der Waals surface area contributed by atoms with Crippen LogP contribution in [0.4, 0.5) is 4.79 Å². The highest BCUT2D eigenvalue weighted by Crippen LogP contribution is 2.34. The molecule has 2 aromatic heterocycles. The van der Waals surface area contributed by atoms with E-state index < -0.39 is 11.7 Å². The number of nitrogens with one attached hydrogen (secondary N) is 1. The number of rotatable bonds is 6. The van der Waals surface area contributed by atoms with Crippen molar-refractivity contribution in [3.63, 3.8) is 0 Å². The Morgan fingerprint density at radius 1 is 1.25 bits per heavy atom. The van der Waals surface area contributed by atoms with Crippen LogP contribution in [0.2, 0.25) is 0 Å². The minimum absolute atomic E-state index is 0.0755. The van der Waals surface area contributed by atoms with E-state index in [1.165, 1.54) is 12.8 Å². The third kappa shape index (κ3) is 4.87. The monoisotopic (exact) mass is 437 g/mol. The highest BCUT2D eigenvalue weighted by Gasteiger charge is 2.28. The molecule has 4 rings (SSSR count). The summed E-state index contributed by atoms with van der Waals surface area (Å²) in [6.07, 6.45) is 4.54. The molecule has 2 heterocycles. The van der Waals surface area contributed by atoms with Gasteiger partial charge in [0.1, 0.15) is 18.0 Å². The maximum atomic E-state index is 12.9. The van der Waals surface area contributed by atoms with Crippen LogP contribution in [-0.2, 0) is 11.8 Å². The van der Waals surface area contributed by atoms with Crippen molar-refractivity contribution in [3.8, 4) is 5.75 Å². The zero-order valence-corrected chi connectivity index (χ0v) is 19.4. The molecule has 7 nitrogen and oxygen atoms in total. The molecule has 0 saturated heterocycles. The Morgan fingerprint density at radius 2 is 2.00 bits per heavy atom. The van der Waals surface area contributed by atoms with Gasteiger partial charge in [0, 0.05) is 24.7 Å². The van der Waals surface area contributed by atoms with Gasteiger partial charge in [-0.3, -0.25) is 9.78 Å². The molecule has 170 valence electrons. The van der Waals surface area contributed by atoms with E-state index in [9.17, 15) is 9.59 Å². The lowest BCUT2D eigenvalue weighted by Gasteiger charge is -2.24. The Balaban J connectivity index is 1.56. The average Bonchev–Trinajstić information content (AvgIpc) is 3.52. The van der Waals surface area contributed by atoms with Gasteiger partial charge in [-0.05, 0) is 63.6 Å². The first-order valence-corrected chi connectivity index (χ1v) is 11.1. The average molecular weight is 438 g/mol. The fourth-order valence-electron chi connectivity index (χ4n) is 4.04. The molecule has 1 aromatic carbocycles. The fourth-order valence-corrected chi connectivity index (χ4v) is 4.04. The van der Waals surface area contributed by atoms with Gasteiger partial charge in [0.25, 0.3) is 5.56 Å². The summed E-state index contributed by atoms with van der Waals surface area (Å²) in [6, 6.07) is 7.51. The van der Waals surface area contributed by atoms with Crippen LogP contribution in [-0.4, -0.2) is 33.9 Å². The van der Waals surface area contributed by atoms with E-state index in [-0.39, 0.29) is 11.6 Å². The van der Waals surface area contributed by atoms with Crippen LogP contribution in [0.25, 0.3) is 21.7 Å². The molecule has 1 fully saturated rings. The van der Waals surface area contributed by atoms with Gasteiger partial charge in [-0.1, -0.05) is 12.8 Å². The topological polar surface area (TPSA) is 82.5 Å². The molecule has 1 saturated carbocycles. The van der Waals surface area contributed by atoms with Gasteiger partial charge in [0.2, 0.25) is 0 Å². The van der Waals surface area contributed by atoms with Gasteiger partial charge >= 0.3 is 6.09 Å². The summed E-state index contributed by atoms with van der Waals surface area (Å²) in [5.41, 5.74) is 0.897. The molecule has 32 heavy (non-hydrogen) atoms. The fraction of sp³-hybridized carbons (Fsp3) is 0.480. The van der Waals surface area contributed by atoms with E-state index in [2.05, 4.69) is 10.3 Å². The number of hydrogen-bond donors (Lipinski definition) is 1. The standard InChI is InChI=1S/C25H31N3O4/c1-15-22-20(10-11-26-15)19-9-8-18(13-21(19)28(5)23(22)29)31-14-17(12-16-6-7-16)27-24(30)32-25(2,3)4/h8-11,13,16-17H,6-7,12,14H2,1-5H3,(H,27,30). The van der Waals surface area contributed by atoms with E-state index in [1.54, 1.807) is 17.8 Å². The molecule has 1 aliphatic rings. The molecular weight excluding hydrogens is 406 g/mol. The van der Waals surface area contributed by atoms with Crippen molar-refractivity contribution in [1.82, 2.24) is 14.9 Å². The van der Waals surface area contributed by atoms with Gasteiger partial charge in [0.05, 0.1) is 22.6 Å². The van der Waals surface area contributed by atoms with Crippen LogP contribution >= 0.6 is 0 Å². The second-order valence-corrected chi connectivity index (χ2v) is 9.70. The number of benzene rings is 1. The lowest BCUT2D eigenvalue weighted by atomic mass is 10.1. The smallest absolute Gasteiger partial charge is 0.407 e. The van der Waals surface area contributed by atoms with Gasteiger partial charge in [-0.15, -0.1) is 0 Å². The van der Waals surface area contributed by atoms with Gasteiger partial charge in [0.15, 0.2) is 0 Å². The number of carbonyl (C=O) groups is 1. The first kappa shape index (κ1) is 22.1. The van der Waals surface area contributed by atoms with E-state index in [1.807, 2.05) is 52.0 Å². The van der Waals surface area contributed by atoms with Crippen molar-refractivity contribution >= 4 is 27.8 Å². The van der Waals surface area contributed by atoms with Crippen LogP contribution in [0.3, 0.4) is 0 Å². The summed E-state index contributed by atoms with van der Waals surface area (Å²) in [7, 11) is 1.76. The van der Waals surface area contributed by atoms with Crippen molar-refractivity contribution in [1.29, 1.82) is 0 Å². The molecule has 0 radical (unpaired) electrons. The van der Waals surface area contributed by atoms with E-state index in [0.29, 0.717) is 23.7 Å².